The van der Waals surface area contributed by atoms with Gasteiger partial charge in [0, 0.05) is 20.2 Å². The standard InChI is InChI=1S/C8H16N2O2/c1-10-5-3-8(12-2,4-6-10)7(9)11/h3-6H2,1-2H3,(H2,9,11). The summed E-state index contributed by atoms with van der Waals surface area (Å²) in [7, 11) is 3.58. The van der Waals surface area contributed by atoms with E-state index in [0.29, 0.717) is 12.8 Å². The van der Waals surface area contributed by atoms with Gasteiger partial charge in [-0.1, -0.05) is 0 Å². The van der Waals surface area contributed by atoms with E-state index in [-0.39, 0.29) is 5.91 Å². The van der Waals surface area contributed by atoms with Crippen molar-refractivity contribution in [3.63, 3.8) is 0 Å². The molecule has 1 fully saturated rings. The molecular formula is C8H16N2O2. The van der Waals surface area contributed by atoms with Crippen LogP contribution in [0.5, 0.6) is 0 Å². The van der Waals surface area contributed by atoms with Crippen molar-refractivity contribution in [3.8, 4) is 0 Å². The Labute approximate surface area is 72.7 Å². The maximum absolute atomic E-state index is 11.1. The summed E-state index contributed by atoms with van der Waals surface area (Å²) in [5.74, 6) is -0.335. The zero-order chi connectivity index (χ0) is 9.19. The lowest BCUT2D eigenvalue weighted by molar-refractivity contribution is -0.145. The van der Waals surface area contributed by atoms with Crippen LogP contribution >= 0.6 is 0 Å². The third-order valence-electron chi connectivity index (χ3n) is 2.63. The molecule has 1 saturated heterocycles. The number of hydrogen-bond donors (Lipinski definition) is 1. The molecule has 0 radical (unpaired) electrons. The molecule has 0 aromatic rings. The monoisotopic (exact) mass is 172 g/mol. The van der Waals surface area contributed by atoms with Crippen LogP contribution in [0.4, 0.5) is 0 Å². The van der Waals surface area contributed by atoms with Crippen LogP contribution in [-0.4, -0.2) is 43.7 Å². The van der Waals surface area contributed by atoms with Gasteiger partial charge < -0.3 is 15.4 Å². The minimum absolute atomic E-state index is 0.335. The second-order valence-electron chi connectivity index (χ2n) is 3.37. The summed E-state index contributed by atoms with van der Waals surface area (Å²) in [6, 6.07) is 0. The number of primary amides is 1. The predicted molar refractivity (Wildman–Crippen MR) is 45.7 cm³/mol. The van der Waals surface area contributed by atoms with Gasteiger partial charge in [0.15, 0.2) is 0 Å². The topological polar surface area (TPSA) is 55.6 Å². The molecule has 0 atom stereocenters. The van der Waals surface area contributed by atoms with Crippen molar-refractivity contribution in [1.29, 1.82) is 0 Å². The van der Waals surface area contributed by atoms with E-state index in [9.17, 15) is 4.79 Å². The van der Waals surface area contributed by atoms with Gasteiger partial charge in [0.2, 0.25) is 5.91 Å². The molecule has 0 spiro atoms. The Bertz CT molecular complexity index is 174. The maximum atomic E-state index is 11.1. The number of nitrogens with two attached hydrogens (primary N) is 1. The van der Waals surface area contributed by atoms with Crippen LogP contribution in [0.1, 0.15) is 12.8 Å². The highest BCUT2D eigenvalue weighted by Gasteiger charge is 2.39. The lowest BCUT2D eigenvalue weighted by Crippen LogP contribution is -2.52. The van der Waals surface area contributed by atoms with E-state index in [1.807, 2.05) is 7.05 Å². The Morgan fingerprint density at radius 2 is 2.00 bits per heavy atom. The van der Waals surface area contributed by atoms with Crippen molar-refractivity contribution in [2.24, 2.45) is 5.73 Å². The molecule has 0 aromatic carbocycles. The first kappa shape index (κ1) is 9.48. The highest BCUT2D eigenvalue weighted by atomic mass is 16.5. The number of rotatable bonds is 2. The number of amides is 1. The van der Waals surface area contributed by atoms with Crippen molar-refractivity contribution in [2.75, 3.05) is 27.2 Å². The SMILES string of the molecule is COC1(C(N)=O)CCN(C)CC1. The van der Waals surface area contributed by atoms with Crippen LogP contribution in [0, 0.1) is 0 Å². The molecule has 1 aliphatic heterocycles. The van der Waals surface area contributed by atoms with Gasteiger partial charge in [-0.2, -0.15) is 0 Å². The van der Waals surface area contributed by atoms with Crippen LogP contribution in [0.2, 0.25) is 0 Å². The summed E-state index contributed by atoms with van der Waals surface area (Å²) in [5, 5.41) is 0. The highest BCUT2D eigenvalue weighted by Crippen LogP contribution is 2.24. The van der Waals surface area contributed by atoms with Gasteiger partial charge in [-0.3, -0.25) is 4.79 Å². The zero-order valence-electron chi connectivity index (χ0n) is 7.67. The van der Waals surface area contributed by atoms with Gasteiger partial charge in [-0.15, -0.1) is 0 Å². The lowest BCUT2D eigenvalue weighted by Gasteiger charge is -2.36. The van der Waals surface area contributed by atoms with Gasteiger partial charge in [-0.05, 0) is 19.9 Å². The normalized spacial score (nSPS) is 23.8. The summed E-state index contributed by atoms with van der Waals surface area (Å²) in [6.45, 7) is 1.74. The molecule has 0 aromatic heterocycles. The van der Waals surface area contributed by atoms with E-state index < -0.39 is 5.60 Å². The Morgan fingerprint density at radius 3 is 2.33 bits per heavy atom. The fourth-order valence-corrected chi connectivity index (χ4v) is 1.53. The molecule has 1 amide bonds. The summed E-state index contributed by atoms with van der Waals surface area (Å²) >= 11 is 0. The van der Waals surface area contributed by atoms with Crippen molar-refractivity contribution in [1.82, 2.24) is 4.90 Å². The Morgan fingerprint density at radius 1 is 1.50 bits per heavy atom. The number of ether oxygens (including phenoxy) is 1. The molecule has 4 nitrogen and oxygen atoms in total. The summed E-state index contributed by atoms with van der Waals surface area (Å²) in [4.78, 5) is 13.3. The highest BCUT2D eigenvalue weighted by molar-refractivity contribution is 5.83. The van der Waals surface area contributed by atoms with Crippen LogP contribution in [0.25, 0.3) is 0 Å². The van der Waals surface area contributed by atoms with Gasteiger partial charge >= 0.3 is 0 Å². The number of piperidine rings is 1. The first-order chi connectivity index (χ1) is 5.60. The van der Waals surface area contributed by atoms with Gasteiger partial charge in [0.25, 0.3) is 0 Å². The van der Waals surface area contributed by atoms with Gasteiger partial charge in [-0.25, -0.2) is 0 Å². The largest absolute Gasteiger partial charge is 0.368 e. The molecule has 4 heteroatoms. The Balaban J connectivity index is 2.63. The van der Waals surface area contributed by atoms with Crippen LogP contribution in [-0.2, 0) is 9.53 Å². The molecule has 2 N–H and O–H groups in total. The van der Waals surface area contributed by atoms with Crippen LogP contribution in [0.3, 0.4) is 0 Å². The minimum atomic E-state index is -0.702. The fraction of sp³-hybridized carbons (Fsp3) is 0.875. The summed E-state index contributed by atoms with van der Waals surface area (Å²) < 4.78 is 5.19. The van der Waals surface area contributed by atoms with E-state index in [0.717, 1.165) is 13.1 Å². The third-order valence-corrected chi connectivity index (χ3v) is 2.63. The van der Waals surface area contributed by atoms with Gasteiger partial charge in [0.1, 0.15) is 5.60 Å². The van der Waals surface area contributed by atoms with Crippen molar-refractivity contribution >= 4 is 5.91 Å². The number of methoxy groups -OCH3 is 1. The first-order valence-corrected chi connectivity index (χ1v) is 4.14. The average Bonchev–Trinajstić information content (AvgIpc) is 2.06. The predicted octanol–water partition coefficient (Wildman–Crippen LogP) is -0.417. The molecule has 0 unspecified atom stereocenters. The Hall–Kier alpha value is -0.610. The molecule has 0 bridgehead atoms. The molecule has 0 aliphatic carbocycles. The van der Waals surface area contributed by atoms with E-state index >= 15 is 0 Å². The minimum Gasteiger partial charge on any atom is -0.368 e. The summed E-state index contributed by atoms with van der Waals surface area (Å²) in [6.07, 6.45) is 1.41. The molecule has 1 aliphatic rings. The fourth-order valence-electron chi connectivity index (χ4n) is 1.53. The molecule has 0 saturated carbocycles. The lowest BCUT2D eigenvalue weighted by atomic mass is 9.91. The van der Waals surface area contributed by atoms with E-state index in [1.54, 1.807) is 7.11 Å². The summed E-state index contributed by atoms with van der Waals surface area (Å²) in [5.41, 5.74) is 4.57. The van der Waals surface area contributed by atoms with Crippen LogP contribution in [0.15, 0.2) is 0 Å². The van der Waals surface area contributed by atoms with Crippen LogP contribution < -0.4 is 5.73 Å². The second-order valence-corrected chi connectivity index (χ2v) is 3.37. The Kier molecular flexibility index (Phi) is 2.69. The second kappa shape index (κ2) is 3.41. The number of nitrogens with zero attached hydrogens (tertiary/aromatic N) is 1. The quantitative estimate of drug-likeness (QED) is 0.615. The van der Waals surface area contributed by atoms with E-state index in [4.69, 9.17) is 10.5 Å². The zero-order valence-corrected chi connectivity index (χ0v) is 7.67. The number of carbonyl (C=O) groups excluding carboxylic acids is 1. The average molecular weight is 172 g/mol. The number of likely N-dealkylation sites (tertiary alicyclic amines) is 1. The van der Waals surface area contributed by atoms with Crippen molar-refractivity contribution in [2.45, 2.75) is 18.4 Å². The first-order valence-electron chi connectivity index (χ1n) is 4.14. The maximum Gasteiger partial charge on any atom is 0.249 e. The van der Waals surface area contributed by atoms with Crippen molar-refractivity contribution in [3.05, 3.63) is 0 Å². The van der Waals surface area contributed by atoms with Crippen molar-refractivity contribution < 1.29 is 9.53 Å². The molecule has 12 heavy (non-hydrogen) atoms. The number of hydrogen-bond acceptors (Lipinski definition) is 3. The smallest absolute Gasteiger partial charge is 0.249 e. The van der Waals surface area contributed by atoms with Gasteiger partial charge in [0.05, 0.1) is 0 Å². The molecule has 1 rings (SSSR count). The van der Waals surface area contributed by atoms with E-state index in [2.05, 4.69) is 4.90 Å². The molecule has 70 valence electrons. The third kappa shape index (κ3) is 1.59. The number of carbonyl (C=O) groups is 1. The molecular weight excluding hydrogens is 156 g/mol. The molecule has 1 heterocycles. The van der Waals surface area contributed by atoms with E-state index in [1.165, 1.54) is 0 Å².